The number of carboxylic acids is 1. The number of nitrogens with one attached hydrogen (secondary N) is 6. The van der Waals surface area contributed by atoms with Gasteiger partial charge in [0.15, 0.2) is 0 Å². The molecule has 6 amide bonds. The molecule has 1 aliphatic carbocycles. The van der Waals surface area contributed by atoms with E-state index >= 15 is 0 Å². The Balaban J connectivity index is 1.26. The molecule has 0 aromatic heterocycles. The minimum absolute atomic E-state index is 0.0191. The third kappa shape index (κ3) is 11.9. The number of ether oxygens (including phenoxy) is 1. The molecule has 320 valence electrons. The van der Waals surface area contributed by atoms with E-state index in [1.807, 2.05) is 48.5 Å². The molecule has 3 aromatic rings. The third-order valence-corrected chi connectivity index (χ3v) is 10.9. The van der Waals surface area contributed by atoms with Crippen LogP contribution in [0.3, 0.4) is 0 Å². The summed E-state index contributed by atoms with van der Waals surface area (Å²) >= 11 is 0. The van der Waals surface area contributed by atoms with Gasteiger partial charge in [0.2, 0.25) is 29.5 Å². The number of hydrogen-bond donors (Lipinski definition) is 7. The zero-order chi connectivity index (χ0) is 43.3. The van der Waals surface area contributed by atoms with Crippen LogP contribution < -0.4 is 31.9 Å². The van der Waals surface area contributed by atoms with Gasteiger partial charge in [-0.3, -0.25) is 24.0 Å². The van der Waals surface area contributed by atoms with Crippen LogP contribution in [0.1, 0.15) is 82.4 Å². The summed E-state index contributed by atoms with van der Waals surface area (Å²) in [7, 11) is 0. The summed E-state index contributed by atoms with van der Waals surface area (Å²) in [5.41, 5.74) is 4.89. The summed E-state index contributed by atoms with van der Waals surface area (Å²) in [6, 6.07) is 18.6. The second-order valence-corrected chi connectivity index (χ2v) is 16.0. The van der Waals surface area contributed by atoms with E-state index in [4.69, 9.17) is 4.74 Å². The van der Waals surface area contributed by atoms with E-state index in [-0.39, 0.29) is 50.7 Å². The topological polar surface area (TPSA) is 221 Å². The van der Waals surface area contributed by atoms with Crippen LogP contribution in [0.5, 0.6) is 0 Å². The van der Waals surface area contributed by atoms with E-state index in [2.05, 4.69) is 31.9 Å². The van der Waals surface area contributed by atoms with Crippen molar-refractivity contribution in [1.82, 2.24) is 31.9 Å². The van der Waals surface area contributed by atoms with E-state index in [0.717, 1.165) is 22.3 Å². The molecular formula is C45H56N6O9. The Kier molecular flexibility index (Phi) is 15.8. The Hall–Kier alpha value is -6.25. The van der Waals surface area contributed by atoms with Crippen LogP contribution in [0.15, 0.2) is 78.9 Å². The lowest BCUT2D eigenvalue weighted by atomic mass is 9.98. The van der Waals surface area contributed by atoms with Crippen LogP contribution in [0.25, 0.3) is 11.1 Å². The molecule has 0 bridgehead atoms. The number of hydrogen-bond acceptors (Lipinski definition) is 8. The molecule has 0 radical (unpaired) electrons. The molecule has 15 nitrogen and oxygen atoms in total. The average molecular weight is 825 g/mol. The summed E-state index contributed by atoms with van der Waals surface area (Å²) in [6.45, 7) is 7.12. The number of fused-ring (bicyclic) bond motifs is 3. The smallest absolute Gasteiger partial charge is 0.407 e. The first-order chi connectivity index (χ1) is 28.7. The van der Waals surface area contributed by atoms with E-state index in [1.165, 1.54) is 0 Å². The van der Waals surface area contributed by atoms with Crippen molar-refractivity contribution in [3.63, 3.8) is 0 Å². The molecular weight excluding hydrogens is 769 g/mol. The van der Waals surface area contributed by atoms with Gasteiger partial charge in [-0.05, 0) is 65.3 Å². The first-order valence-electron chi connectivity index (χ1n) is 20.6. The number of carbonyl (C=O) groups is 7. The number of rotatable bonds is 12. The van der Waals surface area contributed by atoms with Gasteiger partial charge in [0, 0.05) is 25.3 Å². The molecule has 15 heteroatoms. The minimum atomic E-state index is -1.29. The second kappa shape index (κ2) is 21.1. The van der Waals surface area contributed by atoms with Crippen molar-refractivity contribution in [3.8, 4) is 11.1 Å². The summed E-state index contributed by atoms with van der Waals surface area (Å²) < 4.78 is 5.69. The summed E-state index contributed by atoms with van der Waals surface area (Å²) in [5.74, 6) is -5.57. The van der Waals surface area contributed by atoms with Crippen molar-refractivity contribution in [2.75, 3.05) is 13.2 Å². The van der Waals surface area contributed by atoms with E-state index in [9.17, 15) is 38.7 Å². The van der Waals surface area contributed by atoms with E-state index in [1.54, 1.807) is 58.0 Å². The molecule has 1 heterocycles. The highest BCUT2D eigenvalue weighted by Crippen LogP contribution is 2.44. The Morgan fingerprint density at radius 1 is 0.783 bits per heavy atom. The van der Waals surface area contributed by atoms with Crippen molar-refractivity contribution in [3.05, 3.63) is 95.6 Å². The van der Waals surface area contributed by atoms with Gasteiger partial charge in [0.25, 0.3) is 0 Å². The molecule has 1 aliphatic heterocycles. The van der Waals surface area contributed by atoms with Crippen molar-refractivity contribution in [2.24, 2.45) is 11.8 Å². The molecule has 5 rings (SSSR count). The maximum absolute atomic E-state index is 13.9. The van der Waals surface area contributed by atoms with E-state index < -0.39 is 77.7 Å². The Bertz CT molecular complexity index is 1980. The van der Waals surface area contributed by atoms with Crippen molar-refractivity contribution in [1.29, 1.82) is 0 Å². The molecule has 5 atom stereocenters. The van der Waals surface area contributed by atoms with E-state index in [0.29, 0.717) is 18.4 Å². The van der Waals surface area contributed by atoms with Crippen molar-refractivity contribution >= 4 is 41.6 Å². The molecule has 3 aromatic carbocycles. The number of aliphatic carboxylic acids is 1. The lowest BCUT2D eigenvalue weighted by Gasteiger charge is -2.29. The monoisotopic (exact) mass is 824 g/mol. The maximum atomic E-state index is 13.9. The van der Waals surface area contributed by atoms with Gasteiger partial charge in [-0.1, -0.05) is 107 Å². The SMILES string of the molecule is CC(C)[C@H](NC(=O)OCC1c2ccccc2-c2ccccc21)C(=O)N[C@H]1CCC(=O)NCCCC[C@@H](C(=O)N[C@@H](Cc2ccccc2)C(=O)O)NC(=O)[C@H](C(C)C)NC1=O. The summed E-state index contributed by atoms with van der Waals surface area (Å²) in [5, 5.41) is 26.0. The number of carboxylic acid groups (broad SMARTS) is 1. The molecule has 0 unspecified atom stereocenters. The number of benzene rings is 3. The number of carbonyl (C=O) groups excluding carboxylic acids is 6. The number of amides is 6. The predicted octanol–water partition coefficient (Wildman–Crippen LogP) is 3.55. The van der Waals surface area contributed by atoms with Crippen LogP contribution in [-0.4, -0.2) is 90.1 Å². The van der Waals surface area contributed by atoms with Crippen molar-refractivity contribution < 1.29 is 43.4 Å². The van der Waals surface area contributed by atoms with Gasteiger partial charge in [0.1, 0.15) is 36.8 Å². The fraction of sp³-hybridized carbons (Fsp3) is 0.444. The van der Waals surface area contributed by atoms with Crippen LogP contribution in [0, 0.1) is 11.8 Å². The molecule has 2 aliphatic rings. The fourth-order valence-electron chi connectivity index (χ4n) is 7.54. The maximum Gasteiger partial charge on any atom is 0.407 e. The van der Waals surface area contributed by atoms with Gasteiger partial charge in [-0.25, -0.2) is 9.59 Å². The van der Waals surface area contributed by atoms with Crippen LogP contribution in [-0.2, 0) is 39.9 Å². The fourth-order valence-corrected chi connectivity index (χ4v) is 7.54. The minimum Gasteiger partial charge on any atom is -0.480 e. The average Bonchev–Trinajstić information content (AvgIpc) is 3.54. The second-order valence-electron chi connectivity index (χ2n) is 16.0. The normalized spacial score (nSPS) is 19.8. The van der Waals surface area contributed by atoms with Gasteiger partial charge < -0.3 is 41.7 Å². The largest absolute Gasteiger partial charge is 0.480 e. The van der Waals surface area contributed by atoms with Crippen LogP contribution in [0.4, 0.5) is 4.79 Å². The predicted molar refractivity (Wildman–Crippen MR) is 223 cm³/mol. The molecule has 0 saturated carbocycles. The van der Waals surface area contributed by atoms with Gasteiger partial charge in [0.05, 0.1) is 0 Å². The summed E-state index contributed by atoms with van der Waals surface area (Å²) in [6.07, 6.45) is -0.0662. The zero-order valence-corrected chi connectivity index (χ0v) is 34.5. The first kappa shape index (κ1) is 44.8. The Labute approximate surface area is 350 Å². The lowest BCUT2D eigenvalue weighted by Crippen LogP contribution is -2.60. The Morgan fingerprint density at radius 2 is 1.42 bits per heavy atom. The zero-order valence-electron chi connectivity index (χ0n) is 34.5. The third-order valence-electron chi connectivity index (χ3n) is 10.9. The standard InChI is InChI=1S/C45H56N6O9/c1-26(2)38-42(55)47-34(40(53)49-36(44(57)58)24-28-14-6-5-7-15-28)20-12-13-23-46-37(52)22-21-35(41(54)50-38)48-43(56)39(27(3)4)51-45(59)60-25-33-31-18-10-8-16-29(31)30-17-9-11-19-32(30)33/h5-11,14-19,26-27,33-36,38-39H,12-13,20-25H2,1-4H3,(H,46,52)(H,47,55)(H,48,56)(H,49,53)(H,50,54)(H,51,59)(H,57,58)/t34-,35-,36-,38-,39-/m0/s1. The summed E-state index contributed by atoms with van der Waals surface area (Å²) in [4.78, 5) is 93.5. The first-order valence-corrected chi connectivity index (χ1v) is 20.6. The highest BCUT2D eigenvalue weighted by Gasteiger charge is 2.35. The molecule has 60 heavy (non-hydrogen) atoms. The Morgan fingerprint density at radius 3 is 2.03 bits per heavy atom. The van der Waals surface area contributed by atoms with Gasteiger partial charge >= 0.3 is 12.1 Å². The van der Waals surface area contributed by atoms with Crippen LogP contribution >= 0.6 is 0 Å². The van der Waals surface area contributed by atoms with Gasteiger partial charge in [-0.2, -0.15) is 0 Å². The highest BCUT2D eigenvalue weighted by atomic mass is 16.5. The number of alkyl carbamates (subject to hydrolysis) is 1. The molecule has 0 spiro atoms. The quantitative estimate of drug-likeness (QED) is 0.142. The molecule has 7 N–H and O–H groups in total. The van der Waals surface area contributed by atoms with Crippen molar-refractivity contribution in [2.45, 2.75) is 102 Å². The molecule has 1 saturated heterocycles. The molecule has 1 fully saturated rings. The van der Waals surface area contributed by atoms with Crippen LogP contribution in [0.2, 0.25) is 0 Å². The lowest BCUT2D eigenvalue weighted by molar-refractivity contribution is -0.142. The highest BCUT2D eigenvalue weighted by molar-refractivity contribution is 5.96. The van der Waals surface area contributed by atoms with Gasteiger partial charge in [-0.15, -0.1) is 0 Å².